The van der Waals surface area contributed by atoms with Gasteiger partial charge in [0.05, 0.1) is 10.9 Å². The molecule has 4 aromatic rings. The summed E-state index contributed by atoms with van der Waals surface area (Å²) < 4.78 is 5.24. The number of nitrogens with zero attached hydrogens (tertiary/aromatic N) is 2. The summed E-state index contributed by atoms with van der Waals surface area (Å²) >= 11 is 1.56. The largest absolute Gasteiger partial charge is 0.350 e. The molecule has 0 aliphatic rings. The molecule has 136 valence electrons. The van der Waals surface area contributed by atoms with Crippen LogP contribution in [0.3, 0.4) is 0 Å². The smallest absolute Gasteiger partial charge is 0.227 e. The molecule has 0 fully saturated rings. The Bertz CT molecular complexity index is 1060. The van der Waals surface area contributed by atoms with Crippen LogP contribution in [0.5, 0.6) is 0 Å². The molecule has 2 heterocycles. The Hall–Kier alpha value is -2.99. The maximum Gasteiger partial charge on any atom is 0.227 e. The molecule has 2 aromatic carbocycles. The molecule has 1 unspecified atom stereocenters. The lowest BCUT2D eigenvalue weighted by Crippen LogP contribution is -2.26. The number of hydrogen-bond donors (Lipinski definition) is 1. The summed E-state index contributed by atoms with van der Waals surface area (Å²) in [7, 11) is 0. The van der Waals surface area contributed by atoms with Crippen molar-refractivity contribution in [3.63, 3.8) is 0 Å². The number of hydrogen-bond acceptors (Lipinski definition) is 5. The zero-order valence-electron chi connectivity index (χ0n) is 14.9. The van der Waals surface area contributed by atoms with Gasteiger partial charge in [-0.3, -0.25) is 4.79 Å². The van der Waals surface area contributed by atoms with Gasteiger partial charge < -0.3 is 9.84 Å². The van der Waals surface area contributed by atoms with Gasteiger partial charge in [-0.05, 0) is 40.8 Å². The number of fused-ring (bicyclic) bond motifs is 1. The lowest BCUT2D eigenvalue weighted by Gasteiger charge is -2.15. The lowest BCUT2D eigenvalue weighted by molar-refractivity contribution is -0.121. The van der Waals surface area contributed by atoms with Crippen molar-refractivity contribution in [2.24, 2.45) is 0 Å². The highest BCUT2D eigenvalue weighted by Gasteiger charge is 2.13. The monoisotopic (exact) mass is 377 g/mol. The number of carbonyl (C=O) groups excluding carboxylic acids is 1. The minimum atomic E-state index is -0.0635. The number of aromatic nitrogens is 2. The quantitative estimate of drug-likeness (QED) is 0.526. The maximum atomic E-state index is 12.3. The molecule has 1 atom stereocenters. The highest BCUT2D eigenvalue weighted by Crippen LogP contribution is 2.22. The fourth-order valence-electron chi connectivity index (χ4n) is 2.96. The van der Waals surface area contributed by atoms with Gasteiger partial charge in [0, 0.05) is 12.8 Å². The van der Waals surface area contributed by atoms with Crippen LogP contribution >= 0.6 is 11.3 Å². The third-order valence-electron chi connectivity index (χ3n) is 4.43. The van der Waals surface area contributed by atoms with Crippen LogP contribution in [0.4, 0.5) is 0 Å². The first-order valence-corrected chi connectivity index (χ1v) is 9.71. The first-order valence-electron chi connectivity index (χ1n) is 8.83. The van der Waals surface area contributed by atoms with Gasteiger partial charge in [0.15, 0.2) is 0 Å². The number of nitrogens with one attached hydrogen (secondary N) is 1. The van der Waals surface area contributed by atoms with Gasteiger partial charge in [-0.15, -0.1) is 11.3 Å². The fourth-order valence-corrected chi connectivity index (χ4v) is 3.61. The summed E-state index contributed by atoms with van der Waals surface area (Å²) in [5.74, 6) is 1.02. The van der Waals surface area contributed by atoms with Crippen molar-refractivity contribution in [1.29, 1.82) is 0 Å². The molecular weight excluding hydrogens is 358 g/mol. The number of rotatable bonds is 6. The Morgan fingerprint density at radius 3 is 2.81 bits per heavy atom. The van der Waals surface area contributed by atoms with Crippen molar-refractivity contribution >= 4 is 28.0 Å². The van der Waals surface area contributed by atoms with Crippen molar-refractivity contribution in [3.05, 3.63) is 71.4 Å². The highest BCUT2D eigenvalue weighted by molar-refractivity contribution is 7.13. The van der Waals surface area contributed by atoms with E-state index in [4.69, 9.17) is 4.52 Å². The second-order valence-electron chi connectivity index (χ2n) is 6.38. The molecule has 2 aromatic heterocycles. The highest BCUT2D eigenvalue weighted by atomic mass is 32.1. The van der Waals surface area contributed by atoms with E-state index in [1.165, 1.54) is 10.8 Å². The Labute approximate surface area is 161 Å². The molecule has 27 heavy (non-hydrogen) atoms. The predicted molar refractivity (Wildman–Crippen MR) is 106 cm³/mol. The van der Waals surface area contributed by atoms with Crippen molar-refractivity contribution in [2.45, 2.75) is 25.8 Å². The summed E-state index contributed by atoms with van der Waals surface area (Å²) in [6.45, 7) is 1.99. The van der Waals surface area contributed by atoms with Gasteiger partial charge in [0.25, 0.3) is 0 Å². The third kappa shape index (κ3) is 4.06. The molecule has 0 saturated carbocycles. The van der Waals surface area contributed by atoms with Crippen LogP contribution in [0, 0.1) is 0 Å². The molecule has 6 heteroatoms. The third-order valence-corrected chi connectivity index (χ3v) is 5.29. The topological polar surface area (TPSA) is 68.0 Å². The number of benzene rings is 2. The normalized spacial score (nSPS) is 12.2. The average Bonchev–Trinajstić information content (AvgIpc) is 3.37. The number of carbonyl (C=O) groups is 1. The first kappa shape index (κ1) is 17.4. The average molecular weight is 377 g/mol. The van der Waals surface area contributed by atoms with Gasteiger partial charge in [-0.2, -0.15) is 4.98 Å². The molecule has 0 aliphatic heterocycles. The first-order chi connectivity index (χ1) is 13.2. The number of thiophene rings is 1. The molecule has 0 aliphatic carbocycles. The Balaban J connectivity index is 1.34. The molecule has 1 N–H and O–H groups in total. The number of aryl methyl sites for hydroxylation is 1. The summed E-state index contributed by atoms with van der Waals surface area (Å²) in [5, 5.41) is 11.3. The van der Waals surface area contributed by atoms with Crippen molar-refractivity contribution in [1.82, 2.24) is 15.5 Å². The Morgan fingerprint density at radius 1 is 1.15 bits per heavy atom. The molecular formula is C21H19N3O2S. The lowest BCUT2D eigenvalue weighted by atomic mass is 10.0. The summed E-state index contributed by atoms with van der Waals surface area (Å²) in [5.41, 5.74) is 1.08. The molecule has 1 amide bonds. The molecule has 0 saturated heterocycles. The molecule has 0 radical (unpaired) electrons. The zero-order valence-corrected chi connectivity index (χ0v) is 15.7. The second-order valence-corrected chi connectivity index (χ2v) is 7.33. The van der Waals surface area contributed by atoms with Crippen LogP contribution < -0.4 is 5.32 Å². The molecule has 0 spiro atoms. The van der Waals surface area contributed by atoms with E-state index in [2.05, 4.69) is 45.8 Å². The number of amides is 1. The van der Waals surface area contributed by atoms with Crippen LogP contribution in [0.2, 0.25) is 0 Å². The second kappa shape index (κ2) is 7.72. The van der Waals surface area contributed by atoms with Gasteiger partial charge in [-0.25, -0.2) is 0 Å². The van der Waals surface area contributed by atoms with E-state index in [1.54, 1.807) is 11.3 Å². The maximum absolute atomic E-state index is 12.3. The van der Waals surface area contributed by atoms with Crippen molar-refractivity contribution < 1.29 is 9.32 Å². The van der Waals surface area contributed by atoms with E-state index in [-0.39, 0.29) is 11.9 Å². The minimum Gasteiger partial charge on any atom is -0.350 e. The van der Waals surface area contributed by atoms with E-state index in [1.807, 2.05) is 36.6 Å². The minimum absolute atomic E-state index is 0.0356. The van der Waals surface area contributed by atoms with Crippen LogP contribution in [0.1, 0.15) is 30.8 Å². The van der Waals surface area contributed by atoms with Crippen LogP contribution in [-0.4, -0.2) is 16.0 Å². The molecule has 5 nitrogen and oxygen atoms in total. The Kier molecular flexibility index (Phi) is 4.98. The van der Waals surface area contributed by atoms with Crippen LogP contribution in [0.15, 0.2) is 64.5 Å². The standard InChI is InChI=1S/C21H19N3O2S/c1-14(16-9-8-15-5-2-3-6-17(15)13-16)22-19(25)10-11-20-23-21(24-26-20)18-7-4-12-27-18/h2-9,12-14H,10-11H2,1H3,(H,22,25). The summed E-state index contributed by atoms with van der Waals surface area (Å²) in [4.78, 5) is 17.6. The fraction of sp³-hybridized carbons (Fsp3) is 0.190. The van der Waals surface area contributed by atoms with Gasteiger partial charge in [0.1, 0.15) is 0 Å². The van der Waals surface area contributed by atoms with Gasteiger partial charge in [0.2, 0.25) is 17.6 Å². The summed E-state index contributed by atoms with van der Waals surface area (Å²) in [6, 6.07) is 18.3. The van der Waals surface area contributed by atoms with Gasteiger partial charge >= 0.3 is 0 Å². The molecule has 0 bridgehead atoms. The molecule has 4 rings (SSSR count). The Morgan fingerprint density at radius 2 is 2.00 bits per heavy atom. The van der Waals surface area contributed by atoms with Gasteiger partial charge in [-0.1, -0.05) is 47.6 Å². The zero-order chi connectivity index (χ0) is 18.6. The van der Waals surface area contributed by atoms with Crippen LogP contribution in [-0.2, 0) is 11.2 Å². The van der Waals surface area contributed by atoms with Crippen LogP contribution in [0.25, 0.3) is 21.5 Å². The van der Waals surface area contributed by atoms with E-state index in [0.717, 1.165) is 10.4 Å². The predicted octanol–water partition coefficient (Wildman–Crippen LogP) is 4.76. The van der Waals surface area contributed by atoms with Crippen molar-refractivity contribution in [2.75, 3.05) is 0 Å². The van der Waals surface area contributed by atoms with E-state index >= 15 is 0 Å². The van der Waals surface area contributed by atoms with E-state index in [9.17, 15) is 4.79 Å². The SMILES string of the molecule is CC(NC(=O)CCc1nc(-c2cccs2)no1)c1ccc2ccccc2c1. The van der Waals surface area contributed by atoms with Crippen molar-refractivity contribution in [3.8, 4) is 10.7 Å². The van der Waals surface area contributed by atoms with E-state index < -0.39 is 0 Å². The summed E-state index contributed by atoms with van der Waals surface area (Å²) in [6.07, 6.45) is 0.735. The van der Waals surface area contributed by atoms with E-state index in [0.29, 0.717) is 24.6 Å².